The normalized spacial score (nSPS) is 14.3. The number of amides is 2. The van der Waals surface area contributed by atoms with Crippen LogP contribution in [0.4, 0.5) is 5.69 Å². The van der Waals surface area contributed by atoms with E-state index < -0.39 is 28.5 Å². The van der Waals surface area contributed by atoms with Crippen LogP contribution in [0.5, 0.6) is 5.75 Å². The van der Waals surface area contributed by atoms with Crippen molar-refractivity contribution in [2.45, 2.75) is 56.1 Å². The molecule has 1 atom stereocenters. The summed E-state index contributed by atoms with van der Waals surface area (Å²) in [5.41, 5.74) is 0.794. The number of nitrogens with zero attached hydrogens (tertiary/aromatic N) is 2. The maximum absolute atomic E-state index is 14.1. The fraction of sp³-hybridized carbons (Fsp3) is 0.333. The van der Waals surface area contributed by atoms with E-state index in [0.717, 1.165) is 30.0 Å². The standard InChI is InChI=1S/C30H32Cl3N3O5S/c1-20(30(38)34-24-5-3-4-6-24)35(18-21-7-8-23(32)17-28(21)33)29(37)19-36(25-11-9-22(31)10-12-25)42(39,40)27-15-13-26(41-2)14-16-27/h7-17,20,24H,3-6,18-19H2,1-2H3,(H,34,38)/t20-/m1/s1. The molecular weight excluding hydrogens is 621 g/mol. The van der Waals surface area contributed by atoms with Crippen LogP contribution in [0.3, 0.4) is 0 Å². The fourth-order valence-corrected chi connectivity index (χ4v) is 6.83. The second kappa shape index (κ2) is 14.0. The first-order chi connectivity index (χ1) is 20.0. The SMILES string of the molecule is COc1ccc(S(=O)(=O)N(CC(=O)N(Cc2ccc(Cl)cc2Cl)[C@H](C)C(=O)NC2CCCC2)c2ccc(Cl)cc2)cc1. The number of rotatable bonds is 11. The van der Waals surface area contributed by atoms with E-state index in [4.69, 9.17) is 39.5 Å². The van der Waals surface area contributed by atoms with Gasteiger partial charge < -0.3 is 15.0 Å². The predicted molar refractivity (Wildman–Crippen MR) is 166 cm³/mol. The number of anilines is 1. The minimum Gasteiger partial charge on any atom is -0.497 e. The van der Waals surface area contributed by atoms with Gasteiger partial charge in [-0.15, -0.1) is 0 Å². The molecule has 2 amide bonds. The van der Waals surface area contributed by atoms with Crippen LogP contribution in [-0.2, 0) is 26.2 Å². The van der Waals surface area contributed by atoms with E-state index in [1.54, 1.807) is 37.3 Å². The molecule has 224 valence electrons. The maximum Gasteiger partial charge on any atom is 0.264 e. The third kappa shape index (κ3) is 7.69. The van der Waals surface area contributed by atoms with E-state index in [2.05, 4.69) is 5.32 Å². The molecule has 1 saturated carbocycles. The first-order valence-electron chi connectivity index (χ1n) is 13.5. The van der Waals surface area contributed by atoms with Crippen molar-refractivity contribution >= 4 is 62.3 Å². The molecule has 3 aromatic rings. The molecule has 1 aliphatic carbocycles. The van der Waals surface area contributed by atoms with Gasteiger partial charge in [0.2, 0.25) is 11.8 Å². The Morgan fingerprint density at radius 2 is 1.57 bits per heavy atom. The van der Waals surface area contributed by atoms with Crippen molar-refractivity contribution in [1.82, 2.24) is 10.2 Å². The number of ether oxygens (including phenoxy) is 1. The fourth-order valence-electron chi connectivity index (χ4n) is 4.82. The summed E-state index contributed by atoms with van der Waals surface area (Å²) in [6.45, 7) is 1.00. The van der Waals surface area contributed by atoms with E-state index in [9.17, 15) is 18.0 Å². The second-order valence-corrected chi connectivity index (χ2v) is 13.2. The van der Waals surface area contributed by atoms with Gasteiger partial charge in [-0.05, 0) is 86.0 Å². The van der Waals surface area contributed by atoms with E-state index >= 15 is 0 Å². The highest BCUT2D eigenvalue weighted by atomic mass is 35.5. The Hall–Kier alpha value is -2.98. The van der Waals surface area contributed by atoms with Crippen LogP contribution in [-0.4, -0.2) is 50.9 Å². The molecule has 0 saturated heterocycles. The van der Waals surface area contributed by atoms with Crippen molar-refractivity contribution in [1.29, 1.82) is 0 Å². The highest BCUT2D eigenvalue weighted by molar-refractivity contribution is 7.92. The molecule has 1 aliphatic rings. The summed E-state index contributed by atoms with van der Waals surface area (Å²) in [6, 6.07) is 16.0. The van der Waals surface area contributed by atoms with Crippen LogP contribution in [0.25, 0.3) is 0 Å². The molecule has 0 unspecified atom stereocenters. The summed E-state index contributed by atoms with van der Waals surface area (Å²) in [6.07, 6.45) is 3.81. The van der Waals surface area contributed by atoms with E-state index in [-0.39, 0.29) is 29.1 Å². The lowest BCUT2D eigenvalue weighted by molar-refractivity contribution is -0.139. The van der Waals surface area contributed by atoms with Gasteiger partial charge in [0.05, 0.1) is 17.7 Å². The Bertz CT molecular complexity index is 1510. The molecule has 4 rings (SSSR count). The van der Waals surface area contributed by atoms with Gasteiger partial charge in [-0.2, -0.15) is 0 Å². The molecule has 0 heterocycles. The summed E-state index contributed by atoms with van der Waals surface area (Å²) in [7, 11) is -2.75. The van der Waals surface area contributed by atoms with Crippen molar-refractivity contribution in [3.05, 3.63) is 87.4 Å². The predicted octanol–water partition coefficient (Wildman–Crippen LogP) is 6.33. The molecule has 3 aromatic carbocycles. The molecule has 42 heavy (non-hydrogen) atoms. The van der Waals surface area contributed by atoms with E-state index in [0.29, 0.717) is 26.4 Å². The van der Waals surface area contributed by atoms with Crippen molar-refractivity contribution in [2.75, 3.05) is 18.0 Å². The lowest BCUT2D eigenvalue weighted by Crippen LogP contribution is -2.52. The molecule has 12 heteroatoms. The van der Waals surface area contributed by atoms with Gasteiger partial charge in [0.25, 0.3) is 10.0 Å². The number of halogens is 3. The van der Waals surface area contributed by atoms with Crippen LogP contribution in [0.1, 0.15) is 38.2 Å². The summed E-state index contributed by atoms with van der Waals surface area (Å²) >= 11 is 18.6. The van der Waals surface area contributed by atoms with Crippen LogP contribution in [0.15, 0.2) is 71.6 Å². The Morgan fingerprint density at radius 3 is 2.17 bits per heavy atom. The molecular formula is C30H32Cl3N3O5S. The third-order valence-electron chi connectivity index (χ3n) is 7.27. The monoisotopic (exact) mass is 651 g/mol. The van der Waals surface area contributed by atoms with E-state index in [1.165, 1.54) is 48.4 Å². The number of hydrogen-bond acceptors (Lipinski definition) is 5. The zero-order chi connectivity index (χ0) is 30.4. The number of carbonyl (C=O) groups excluding carboxylic acids is 2. The number of methoxy groups -OCH3 is 1. The minimum absolute atomic E-state index is 0.0366. The lowest BCUT2D eigenvalue weighted by atomic mass is 10.1. The maximum atomic E-state index is 14.1. The average Bonchev–Trinajstić information content (AvgIpc) is 3.48. The van der Waals surface area contributed by atoms with Crippen LogP contribution in [0.2, 0.25) is 15.1 Å². The molecule has 0 bridgehead atoms. The minimum atomic E-state index is -4.23. The Labute approximate surface area is 261 Å². The molecule has 0 spiro atoms. The second-order valence-electron chi connectivity index (χ2n) is 10.1. The van der Waals surface area contributed by atoms with Crippen LogP contribution >= 0.6 is 34.8 Å². The van der Waals surface area contributed by atoms with Gasteiger partial charge in [-0.3, -0.25) is 13.9 Å². The zero-order valence-electron chi connectivity index (χ0n) is 23.2. The first kappa shape index (κ1) is 31.9. The summed E-state index contributed by atoms with van der Waals surface area (Å²) < 4.78 is 34.0. The van der Waals surface area contributed by atoms with Gasteiger partial charge in [0.1, 0.15) is 18.3 Å². The molecule has 0 aliphatic heterocycles. The highest BCUT2D eigenvalue weighted by Crippen LogP contribution is 2.28. The number of nitrogens with one attached hydrogen (secondary N) is 1. The van der Waals surface area contributed by atoms with Gasteiger partial charge in [0.15, 0.2) is 0 Å². The quantitative estimate of drug-likeness (QED) is 0.261. The van der Waals surface area contributed by atoms with E-state index in [1.807, 2.05) is 0 Å². The molecule has 0 radical (unpaired) electrons. The van der Waals surface area contributed by atoms with Crippen LogP contribution in [0, 0.1) is 0 Å². The average molecular weight is 653 g/mol. The number of carbonyl (C=O) groups is 2. The van der Waals surface area contributed by atoms with Crippen molar-refractivity contribution < 1.29 is 22.7 Å². The zero-order valence-corrected chi connectivity index (χ0v) is 26.3. The number of hydrogen-bond donors (Lipinski definition) is 1. The van der Waals surface area contributed by atoms with Gasteiger partial charge in [-0.25, -0.2) is 8.42 Å². The highest BCUT2D eigenvalue weighted by Gasteiger charge is 2.33. The Kier molecular flexibility index (Phi) is 10.6. The first-order valence-corrected chi connectivity index (χ1v) is 16.0. The molecule has 0 aromatic heterocycles. The summed E-state index contributed by atoms with van der Waals surface area (Å²) in [4.78, 5) is 28.7. The summed E-state index contributed by atoms with van der Waals surface area (Å²) in [5.74, 6) is -0.435. The Morgan fingerprint density at radius 1 is 0.952 bits per heavy atom. The largest absolute Gasteiger partial charge is 0.497 e. The third-order valence-corrected chi connectivity index (χ3v) is 9.89. The molecule has 8 nitrogen and oxygen atoms in total. The van der Waals surface area contributed by atoms with Gasteiger partial charge in [-0.1, -0.05) is 53.7 Å². The van der Waals surface area contributed by atoms with Gasteiger partial charge in [0, 0.05) is 27.7 Å². The van der Waals surface area contributed by atoms with Crippen molar-refractivity contribution in [3.63, 3.8) is 0 Å². The van der Waals surface area contributed by atoms with Gasteiger partial charge >= 0.3 is 0 Å². The van der Waals surface area contributed by atoms with Crippen molar-refractivity contribution in [3.8, 4) is 5.75 Å². The molecule has 1 fully saturated rings. The number of sulfonamides is 1. The topological polar surface area (TPSA) is 96.0 Å². The Balaban J connectivity index is 1.70. The van der Waals surface area contributed by atoms with Crippen molar-refractivity contribution in [2.24, 2.45) is 0 Å². The van der Waals surface area contributed by atoms with Crippen LogP contribution < -0.4 is 14.4 Å². The summed E-state index contributed by atoms with van der Waals surface area (Å²) in [5, 5.41) is 4.19. The number of benzene rings is 3. The smallest absolute Gasteiger partial charge is 0.264 e. The lowest BCUT2D eigenvalue weighted by Gasteiger charge is -2.32. The molecule has 1 N–H and O–H groups in total.